The molecule has 102 valence electrons. The van der Waals surface area contributed by atoms with E-state index in [2.05, 4.69) is 10.2 Å². The average molecular weight is 287 g/mol. The molecule has 0 unspecified atom stereocenters. The predicted octanol–water partition coefficient (Wildman–Crippen LogP) is 0.568. The average Bonchev–Trinajstić information content (AvgIpc) is 2.94. The van der Waals surface area contributed by atoms with Crippen molar-refractivity contribution in [3.63, 3.8) is 0 Å². The molecule has 2 heterocycles. The molecule has 3 rings (SSSR count). The Labute approximate surface area is 121 Å². The molecule has 0 bridgehead atoms. The molecule has 0 saturated heterocycles. The summed E-state index contributed by atoms with van der Waals surface area (Å²) in [5.41, 5.74) is 6.88. The van der Waals surface area contributed by atoms with E-state index in [4.69, 9.17) is 18.0 Å². The van der Waals surface area contributed by atoms with Gasteiger partial charge in [0.15, 0.2) is 5.82 Å². The Morgan fingerprint density at radius 2 is 2.10 bits per heavy atom. The molecule has 0 saturated carbocycles. The van der Waals surface area contributed by atoms with Crippen LogP contribution in [0.15, 0.2) is 30.6 Å². The zero-order chi connectivity index (χ0) is 14.1. The van der Waals surface area contributed by atoms with Gasteiger partial charge in [0, 0.05) is 24.2 Å². The third-order valence-corrected chi connectivity index (χ3v) is 3.56. The number of thiocarbonyl (C=S) groups is 1. The summed E-state index contributed by atoms with van der Waals surface area (Å²) in [6, 6.07) is 7.08. The zero-order valence-corrected chi connectivity index (χ0v) is 11.5. The van der Waals surface area contributed by atoms with Crippen molar-refractivity contribution in [3.8, 4) is 0 Å². The predicted molar refractivity (Wildman–Crippen MR) is 77.1 cm³/mol. The summed E-state index contributed by atoms with van der Waals surface area (Å²) in [4.78, 5) is 14.5. The highest BCUT2D eigenvalue weighted by Gasteiger charge is 2.22. The number of rotatable bonds is 2. The number of nitrogens with two attached hydrogens (primary N) is 1. The van der Waals surface area contributed by atoms with Crippen LogP contribution >= 0.6 is 12.2 Å². The van der Waals surface area contributed by atoms with Crippen molar-refractivity contribution in [1.29, 1.82) is 0 Å². The van der Waals surface area contributed by atoms with Crippen LogP contribution in [0.3, 0.4) is 0 Å². The van der Waals surface area contributed by atoms with Gasteiger partial charge < -0.3 is 15.2 Å². The Morgan fingerprint density at radius 3 is 2.90 bits per heavy atom. The molecule has 2 N–H and O–H groups in total. The number of carbonyl (C=O) groups is 1. The summed E-state index contributed by atoms with van der Waals surface area (Å²) in [5, 5.41) is 7.86. The van der Waals surface area contributed by atoms with E-state index in [-0.39, 0.29) is 10.9 Å². The number of carbonyl (C=O) groups excluding carboxylic acids is 1. The van der Waals surface area contributed by atoms with Crippen LogP contribution in [-0.4, -0.2) is 37.1 Å². The standard InChI is InChI=1S/C13H13N5OS/c14-12(20)9-2-1-3-10(6-9)13(19)17-4-5-18-8-15-16-11(18)7-17/h1-3,6,8H,4-5,7H2,(H2,14,20). The molecular formula is C13H13N5OS. The van der Waals surface area contributed by atoms with Crippen LogP contribution in [0.25, 0.3) is 0 Å². The molecule has 1 aromatic heterocycles. The Hall–Kier alpha value is -2.28. The van der Waals surface area contributed by atoms with Crippen LogP contribution in [0.2, 0.25) is 0 Å². The first-order chi connectivity index (χ1) is 9.65. The maximum Gasteiger partial charge on any atom is 0.254 e. The van der Waals surface area contributed by atoms with Crippen molar-refractivity contribution in [2.75, 3.05) is 6.54 Å². The molecule has 6 nitrogen and oxygen atoms in total. The van der Waals surface area contributed by atoms with Gasteiger partial charge in [0.1, 0.15) is 11.3 Å². The lowest BCUT2D eigenvalue weighted by Crippen LogP contribution is -2.38. The van der Waals surface area contributed by atoms with E-state index in [1.165, 1.54) is 0 Å². The van der Waals surface area contributed by atoms with Crippen molar-refractivity contribution < 1.29 is 4.79 Å². The Morgan fingerprint density at radius 1 is 1.30 bits per heavy atom. The van der Waals surface area contributed by atoms with E-state index in [0.717, 1.165) is 5.82 Å². The molecular weight excluding hydrogens is 274 g/mol. The topological polar surface area (TPSA) is 77.0 Å². The highest BCUT2D eigenvalue weighted by Crippen LogP contribution is 2.14. The number of nitrogens with zero attached hydrogens (tertiary/aromatic N) is 4. The second-order valence-electron chi connectivity index (χ2n) is 4.61. The highest BCUT2D eigenvalue weighted by molar-refractivity contribution is 7.80. The SMILES string of the molecule is NC(=S)c1cccc(C(=O)N2CCn3cnnc3C2)c1. The molecule has 0 aliphatic carbocycles. The fourth-order valence-corrected chi connectivity index (χ4v) is 2.35. The summed E-state index contributed by atoms with van der Waals surface area (Å²) in [7, 11) is 0. The van der Waals surface area contributed by atoms with E-state index in [9.17, 15) is 4.79 Å². The molecule has 1 amide bonds. The molecule has 0 fully saturated rings. The number of hydrogen-bond acceptors (Lipinski definition) is 4. The van der Waals surface area contributed by atoms with Gasteiger partial charge in [0.05, 0.1) is 6.54 Å². The van der Waals surface area contributed by atoms with Gasteiger partial charge in [-0.05, 0) is 12.1 Å². The van der Waals surface area contributed by atoms with Gasteiger partial charge in [-0.1, -0.05) is 24.4 Å². The number of amides is 1. The fourth-order valence-electron chi connectivity index (χ4n) is 2.23. The molecule has 0 spiro atoms. The Bertz CT molecular complexity index is 681. The van der Waals surface area contributed by atoms with Crippen molar-refractivity contribution in [3.05, 3.63) is 47.5 Å². The quantitative estimate of drug-likeness (QED) is 0.817. The molecule has 0 radical (unpaired) electrons. The number of aromatic nitrogens is 3. The maximum absolute atomic E-state index is 12.5. The van der Waals surface area contributed by atoms with Crippen molar-refractivity contribution in [2.45, 2.75) is 13.1 Å². The van der Waals surface area contributed by atoms with Crippen LogP contribution in [-0.2, 0) is 13.1 Å². The largest absolute Gasteiger partial charge is 0.389 e. The lowest BCUT2D eigenvalue weighted by atomic mass is 10.1. The van der Waals surface area contributed by atoms with E-state index in [1.807, 2.05) is 4.57 Å². The fraction of sp³-hybridized carbons (Fsp3) is 0.231. The van der Waals surface area contributed by atoms with Gasteiger partial charge in [0.2, 0.25) is 0 Å². The normalized spacial score (nSPS) is 13.9. The number of hydrogen-bond donors (Lipinski definition) is 1. The summed E-state index contributed by atoms with van der Waals surface area (Å²) in [5.74, 6) is 0.757. The summed E-state index contributed by atoms with van der Waals surface area (Å²) < 4.78 is 1.95. The first-order valence-electron chi connectivity index (χ1n) is 6.21. The zero-order valence-electron chi connectivity index (χ0n) is 10.7. The molecule has 1 aliphatic rings. The van der Waals surface area contributed by atoms with Crippen molar-refractivity contribution in [1.82, 2.24) is 19.7 Å². The minimum absolute atomic E-state index is 0.0441. The van der Waals surface area contributed by atoms with E-state index in [1.54, 1.807) is 35.5 Å². The first kappa shape index (κ1) is 12.7. The van der Waals surface area contributed by atoms with Gasteiger partial charge in [-0.15, -0.1) is 10.2 Å². The van der Waals surface area contributed by atoms with E-state index in [0.29, 0.717) is 30.8 Å². The number of benzene rings is 1. The summed E-state index contributed by atoms with van der Waals surface area (Å²) in [6.45, 7) is 1.82. The van der Waals surface area contributed by atoms with Crippen LogP contribution in [0, 0.1) is 0 Å². The minimum Gasteiger partial charge on any atom is -0.389 e. The second-order valence-corrected chi connectivity index (χ2v) is 5.05. The lowest BCUT2D eigenvalue weighted by Gasteiger charge is -2.27. The molecule has 1 aliphatic heterocycles. The molecule has 2 aromatic rings. The van der Waals surface area contributed by atoms with Crippen LogP contribution in [0.4, 0.5) is 0 Å². The minimum atomic E-state index is -0.0441. The molecule has 20 heavy (non-hydrogen) atoms. The molecule has 0 atom stereocenters. The van der Waals surface area contributed by atoms with Crippen molar-refractivity contribution >= 4 is 23.1 Å². The van der Waals surface area contributed by atoms with Crippen LogP contribution < -0.4 is 5.73 Å². The monoisotopic (exact) mass is 287 g/mol. The third-order valence-electron chi connectivity index (χ3n) is 3.32. The highest BCUT2D eigenvalue weighted by atomic mass is 32.1. The van der Waals surface area contributed by atoms with Crippen LogP contribution in [0.1, 0.15) is 21.7 Å². The van der Waals surface area contributed by atoms with Gasteiger partial charge >= 0.3 is 0 Å². The van der Waals surface area contributed by atoms with E-state index < -0.39 is 0 Å². The summed E-state index contributed by atoms with van der Waals surface area (Å²) in [6.07, 6.45) is 1.69. The maximum atomic E-state index is 12.5. The number of fused-ring (bicyclic) bond motifs is 1. The smallest absolute Gasteiger partial charge is 0.254 e. The van der Waals surface area contributed by atoms with Crippen molar-refractivity contribution in [2.24, 2.45) is 5.73 Å². The van der Waals surface area contributed by atoms with Gasteiger partial charge in [-0.25, -0.2) is 0 Å². The summed E-state index contributed by atoms with van der Waals surface area (Å²) >= 11 is 4.94. The first-order valence-corrected chi connectivity index (χ1v) is 6.62. The van der Waals surface area contributed by atoms with Gasteiger partial charge in [-0.3, -0.25) is 4.79 Å². The van der Waals surface area contributed by atoms with Gasteiger partial charge in [-0.2, -0.15) is 0 Å². The Balaban J connectivity index is 1.83. The van der Waals surface area contributed by atoms with Crippen LogP contribution in [0.5, 0.6) is 0 Å². The third kappa shape index (κ3) is 2.27. The molecule has 1 aromatic carbocycles. The van der Waals surface area contributed by atoms with E-state index >= 15 is 0 Å². The molecule has 7 heteroatoms. The Kier molecular flexibility index (Phi) is 3.19. The second kappa shape index (κ2) is 5.01. The van der Waals surface area contributed by atoms with Gasteiger partial charge in [0.25, 0.3) is 5.91 Å². The lowest BCUT2D eigenvalue weighted by molar-refractivity contribution is 0.0707.